The van der Waals surface area contributed by atoms with Crippen molar-refractivity contribution in [1.29, 1.82) is 5.26 Å². The lowest BCUT2D eigenvalue weighted by Crippen LogP contribution is -2.37. The average molecular weight is 342 g/mol. The van der Waals surface area contributed by atoms with Gasteiger partial charge in [-0.1, -0.05) is 24.3 Å². The number of aromatic hydroxyl groups is 2. The van der Waals surface area contributed by atoms with Crippen LogP contribution in [0, 0.1) is 11.3 Å². The molecule has 0 aromatic heterocycles. The third-order valence-corrected chi connectivity index (χ3v) is 3.78. The van der Waals surface area contributed by atoms with Crippen LogP contribution in [0.15, 0.2) is 30.3 Å². The molecule has 1 atom stereocenters. The minimum absolute atomic E-state index is 0.169. The summed E-state index contributed by atoms with van der Waals surface area (Å²) in [6, 6.07) is 9.55. The van der Waals surface area contributed by atoms with Crippen LogP contribution >= 0.6 is 0 Å². The summed E-state index contributed by atoms with van der Waals surface area (Å²) < 4.78 is 5.10. The van der Waals surface area contributed by atoms with Crippen molar-refractivity contribution in [2.24, 2.45) is 0 Å². The van der Waals surface area contributed by atoms with Crippen molar-refractivity contribution in [3.05, 3.63) is 35.9 Å². The molecule has 25 heavy (non-hydrogen) atoms. The number of nitriles is 1. The maximum Gasteiger partial charge on any atom is 0.342 e. The molecule has 0 aliphatic rings. The van der Waals surface area contributed by atoms with E-state index in [4.69, 9.17) is 10.00 Å². The van der Waals surface area contributed by atoms with Gasteiger partial charge in [-0.2, -0.15) is 5.26 Å². The summed E-state index contributed by atoms with van der Waals surface area (Å²) >= 11 is 0. The normalized spacial score (nSPS) is 11.6. The molecule has 0 fully saturated rings. The van der Waals surface area contributed by atoms with Crippen molar-refractivity contribution in [2.45, 2.75) is 19.4 Å². The SMILES string of the molecule is C[C@@H](OC(=O)c1cc(O)c2ccccc2c1O)C(=O)N(C)CCC#N. The lowest BCUT2D eigenvalue weighted by molar-refractivity contribution is -0.138. The molecular formula is C18H18N2O5. The number of ether oxygens (including phenoxy) is 1. The highest BCUT2D eigenvalue weighted by Gasteiger charge is 2.25. The molecule has 2 aromatic carbocycles. The third kappa shape index (κ3) is 3.80. The summed E-state index contributed by atoms with van der Waals surface area (Å²) in [7, 11) is 1.50. The van der Waals surface area contributed by atoms with Gasteiger partial charge < -0.3 is 19.8 Å². The van der Waals surface area contributed by atoms with Crippen molar-refractivity contribution < 1.29 is 24.5 Å². The van der Waals surface area contributed by atoms with Gasteiger partial charge in [-0.25, -0.2) is 4.79 Å². The highest BCUT2D eigenvalue weighted by atomic mass is 16.5. The van der Waals surface area contributed by atoms with Crippen LogP contribution in [0.2, 0.25) is 0 Å². The average Bonchev–Trinajstić information content (AvgIpc) is 2.61. The molecule has 0 unspecified atom stereocenters. The first-order chi connectivity index (χ1) is 11.9. The van der Waals surface area contributed by atoms with Gasteiger partial charge >= 0.3 is 5.97 Å². The summed E-state index contributed by atoms with van der Waals surface area (Å²) in [4.78, 5) is 25.7. The van der Waals surface area contributed by atoms with E-state index >= 15 is 0 Å². The van der Waals surface area contributed by atoms with E-state index in [2.05, 4.69) is 0 Å². The Hall–Kier alpha value is -3.27. The second-order valence-corrected chi connectivity index (χ2v) is 5.55. The first-order valence-corrected chi connectivity index (χ1v) is 7.63. The Balaban J connectivity index is 2.21. The maximum absolute atomic E-state index is 12.3. The summed E-state index contributed by atoms with van der Waals surface area (Å²) in [5.41, 5.74) is -0.226. The van der Waals surface area contributed by atoms with Gasteiger partial charge in [0.05, 0.1) is 12.5 Å². The van der Waals surface area contributed by atoms with E-state index in [1.807, 2.05) is 6.07 Å². The minimum Gasteiger partial charge on any atom is -0.507 e. The molecule has 130 valence electrons. The van der Waals surface area contributed by atoms with Gasteiger partial charge in [0.1, 0.15) is 17.1 Å². The second-order valence-electron chi connectivity index (χ2n) is 5.55. The van der Waals surface area contributed by atoms with Gasteiger partial charge in [-0.15, -0.1) is 0 Å². The van der Waals surface area contributed by atoms with E-state index in [9.17, 15) is 19.8 Å². The number of phenolic OH excluding ortho intramolecular Hbond substituents is 2. The second kappa shape index (κ2) is 7.53. The van der Waals surface area contributed by atoms with Crippen LogP contribution in [0.1, 0.15) is 23.7 Å². The van der Waals surface area contributed by atoms with Crippen LogP contribution in [0.4, 0.5) is 0 Å². The van der Waals surface area contributed by atoms with Crippen molar-refractivity contribution in [3.8, 4) is 17.6 Å². The number of carbonyl (C=O) groups excluding carboxylic acids is 2. The molecule has 2 rings (SSSR count). The molecule has 7 heteroatoms. The van der Waals surface area contributed by atoms with Crippen LogP contribution in [0.25, 0.3) is 10.8 Å². The smallest absolute Gasteiger partial charge is 0.342 e. The van der Waals surface area contributed by atoms with Gasteiger partial charge in [0.2, 0.25) is 0 Å². The summed E-state index contributed by atoms with van der Waals surface area (Å²) in [5, 5.41) is 29.6. The molecule has 0 radical (unpaired) electrons. The first kappa shape index (κ1) is 18.1. The quantitative estimate of drug-likeness (QED) is 0.636. The zero-order chi connectivity index (χ0) is 18.6. The number of hydrogen-bond donors (Lipinski definition) is 2. The molecule has 0 bridgehead atoms. The molecule has 2 N–H and O–H groups in total. The number of amides is 1. The monoisotopic (exact) mass is 342 g/mol. The van der Waals surface area contributed by atoms with Gasteiger partial charge in [-0.05, 0) is 13.0 Å². The standard InChI is InChI=1S/C18H18N2O5/c1-11(17(23)20(2)9-5-8-19)25-18(24)14-10-15(21)12-6-3-4-7-13(12)16(14)22/h3-4,6-7,10-11,21-22H,5,9H2,1-2H3/t11-/m1/s1. The van der Waals surface area contributed by atoms with Crippen molar-refractivity contribution in [2.75, 3.05) is 13.6 Å². The lowest BCUT2D eigenvalue weighted by Gasteiger charge is -2.20. The van der Waals surface area contributed by atoms with Crippen LogP contribution < -0.4 is 0 Å². The number of phenols is 2. The predicted octanol–water partition coefficient (Wildman–Crippen LogP) is 2.17. The van der Waals surface area contributed by atoms with E-state index in [0.29, 0.717) is 10.8 Å². The first-order valence-electron chi connectivity index (χ1n) is 7.63. The summed E-state index contributed by atoms with van der Waals surface area (Å²) in [5.74, 6) is -1.89. The Bertz CT molecular complexity index is 856. The highest BCUT2D eigenvalue weighted by molar-refractivity contribution is 6.04. The van der Waals surface area contributed by atoms with Crippen molar-refractivity contribution in [1.82, 2.24) is 4.90 Å². The van der Waals surface area contributed by atoms with Gasteiger partial charge in [-0.3, -0.25) is 4.79 Å². The maximum atomic E-state index is 12.3. The van der Waals surface area contributed by atoms with Crippen LogP contribution in [0.3, 0.4) is 0 Å². The number of rotatable bonds is 5. The molecule has 7 nitrogen and oxygen atoms in total. The largest absolute Gasteiger partial charge is 0.507 e. The molecule has 0 saturated heterocycles. The fourth-order valence-electron chi connectivity index (χ4n) is 2.41. The Morgan fingerprint density at radius 3 is 2.56 bits per heavy atom. The molecule has 1 amide bonds. The Morgan fingerprint density at radius 2 is 1.92 bits per heavy atom. The van der Waals surface area contributed by atoms with Crippen LogP contribution in [-0.4, -0.2) is 46.7 Å². The molecular weight excluding hydrogens is 324 g/mol. The Morgan fingerprint density at radius 1 is 1.28 bits per heavy atom. The zero-order valence-corrected chi connectivity index (χ0v) is 13.9. The number of likely N-dealkylation sites (N-methyl/N-ethyl adjacent to an activating group) is 1. The Labute approximate surface area is 144 Å². The molecule has 0 aliphatic heterocycles. The number of carbonyl (C=O) groups is 2. The predicted molar refractivity (Wildman–Crippen MR) is 90.0 cm³/mol. The molecule has 0 saturated carbocycles. The number of benzene rings is 2. The van der Waals surface area contributed by atoms with Gasteiger partial charge in [0, 0.05) is 24.4 Å². The third-order valence-electron chi connectivity index (χ3n) is 3.78. The summed E-state index contributed by atoms with van der Waals surface area (Å²) in [6.45, 7) is 1.63. The van der Waals surface area contributed by atoms with Gasteiger partial charge in [0.15, 0.2) is 6.10 Å². The van der Waals surface area contributed by atoms with E-state index in [0.717, 1.165) is 6.07 Å². The van der Waals surface area contributed by atoms with Crippen LogP contribution in [0.5, 0.6) is 11.5 Å². The molecule has 0 heterocycles. The number of nitrogens with zero attached hydrogens (tertiary/aromatic N) is 2. The Kier molecular flexibility index (Phi) is 5.45. The zero-order valence-electron chi connectivity index (χ0n) is 13.9. The molecule has 0 spiro atoms. The van der Waals surface area contributed by atoms with E-state index in [1.165, 1.54) is 18.9 Å². The fraction of sp³-hybridized carbons (Fsp3) is 0.278. The number of esters is 1. The van der Waals surface area contributed by atoms with E-state index in [1.54, 1.807) is 24.3 Å². The highest BCUT2D eigenvalue weighted by Crippen LogP contribution is 2.35. The minimum atomic E-state index is -1.09. The number of fused-ring (bicyclic) bond motifs is 1. The summed E-state index contributed by atoms with van der Waals surface area (Å²) in [6.07, 6.45) is -0.924. The van der Waals surface area contributed by atoms with E-state index in [-0.39, 0.29) is 30.0 Å². The fourth-order valence-corrected chi connectivity index (χ4v) is 2.41. The van der Waals surface area contributed by atoms with Crippen molar-refractivity contribution in [3.63, 3.8) is 0 Å². The molecule has 2 aromatic rings. The van der Waals surface area contributed by atoms with E-state index < -0.39 is 18.0 Å². The van der Waals surface area contributed by atoms with Crippen LogP contribution in [-0.2, 0) is 9.53 Å². The lowest BCUT2D eigenvalue weighted by atomic mass is 10.0. The van der Waals surface area contributed by atoms with Gasteiger partial charge in [0.25, 0.3) is 5.91 Å². The van der Waals surface area contributed by atoms with Crippen molar-refractivity contribution >= 4 is 22.6 Å². The molecule has 0 aliphatic carbocycles. The topological polar surface area (TPSA) is 111 Å². The number of hydrogen-bond acceptors (Lipinski definition) is 6.